The van der Waals surface area contributed by atoms with Gasteiger partial charge in [0.1, 0.15) is 5.75 Å². The molecule has 0 spiro atoms. The van der Waals surface area contributed by atoms with Crippen molar-refractivity contribution in [2.45, 2.75) is 43.7 Å². The van der Waals surface area contributed by atoms with Gasteiger partial charge in [-0.1, -0.05) is 25.0 Å². The van der Waals surface area contributed by atoms with Crippen LogP contribution in [0.5, 0.6) is 23.0 Å². The summed E-state index contributed by atoms with van der Waals surface area (Å²) < 4.78 is 21.6. The highest BCUT2D eigenvalue weighted by Crippen LogP contribution is 2.49. The molecular weight excluding hydrogens is 446 g/mol. The summed E-state index contributed by atoms with van der Waals surface area (Å²) in [6.45, 7) is 0.502. The molecular formula is C28H35NO6. The summed E-state index contributed by atoms with van der Waals surface area (Å²) in [5.41, 5.74) is 1.05. The van der Waals surface area contributed by atoms with Gasteiger partial charge in [-0.2, -0.15) is 0 Å². The average molecular weight is 482 g/mol. The zero-order valence-corrected chi connectivity index (χ0v) is 21.0. The molecule has 2 fully saturated rings. The van der Waals surface area contributed by atoms with Crippen LogP contribution < -0.4 is 18.9 Å². The minimum absolute atomic E-state index is 0.00285. The van der Waals surface area contributed by atoms with E-state index in [0.717, 1.165) is 42.6 Å². The Bertz CT molecular complexity index is 1040. The van der Waals surface area contributed by atoms with Gasteiger partial charge in [0.15, 0.2) is 11.5 Å². The number of benzene rings is 2. The Hall–Kier alpha value is -3.19. The quantitative estimate of drug-likeness (QED) is 0.581. The number of fused-ring (bicyclic) bond motifs is 1. The van der Waals surface area contributed by atoms with Gasteiger partial charge >= 0.3 is 0 Å². The molecule has 1 saturated heterocycles. The number of likely N-dealkylation sites (tertiary alicyclic amines) is 1. The highest BCUT2D eigenvalue weighted by atomic mass is 16.5. The first kappa shape index (κ1) is 24.9. The first-order valence-corrected chi connectivity index (χ1v) is 12.1. The third kappa shape index (κ3) is 4.96. The number of amides is 1. The Morgan fingerprint density at radius 1 is 0.971 bits per heavy atom. The average Bonchev–Trinajstić information content (AvgIpc) is 2.90. The molecule has 1 heterocycles. The van der Waals surface area contributed by atoms with E-state index in [9.17, 15) is 9.90 Å². The van der Waals surface area contributed by atoms with E-state index >= 15 is 0 Å². The molecule has 7 heteroatoms. The fraction of sp³-hybridized carbons (Fsp3) is 0.464. The summed E-state index contributed by atoms with van der Waals surface area (Å²) in [7, 11) is 6.32. The number of ether oxygens (including phenoxy) is 4. The predicted molar refractivity (Wildman–Crippen MR) is 134 cm³/mol. The number of piperidine rings is 1. The van der Waals surface area contributed by atoms with E-state index in [1.54, 1.807) is 40.6 Å². The molecule has 188 valence electrons. The summed E-state index contributed by atoms with van der Waals surface area (Å²) in [4.78, 5) is 15.4. The van der Waals surface area contributed by atoms with Crippen LogP contribution in [0.25, 0.3) is 6.08 Å². The lowest BCUT2D eigenvalue weighted by atomic mass is 9.66. The molecule has 1 amide bonds. The van der Waals surface area contributed by atoms with Crippen molar-refractivity contribution < 1.29 is 28.8 Å². The first-order chi connectivity index (χ1) is 16.9. The Morgan fingerprint density at radius 3 is 2.26 bits per heavy atom. The maximum atomic E-state index is 13.5. The SMILES string of the molecule is COc1ccc([C@H]2[C@H]3CCCC[C@@]3(O)CCN2C(=O)/C=C/c2cc(OC)c(OC)c(OC)c2)cc1. The molecule has 35 heavy (non-hydrogen) atoms. The summed E-state index contributed by atoms with van der Waals surface area (Å²) >= 11 is 0. The summed E-state index contributed by atoms with van der Waals surface area (Å²) in [6.07, 6.45) is 7.71. The summed E-state index contributed by atoms with van der Waals surface area (Å²) in [5, 5.41) is 11.5. The van der Waals surface area contributed by atoms with Crippen molar-refractivity contribution in [3.63, 3.8) is 0 Å². The van der Waals surface area contributed by atoms with Crippen molar-refractivity contribution >= 4 is 12.0 Å². The van der Waals surface area contributed by atoms with E-state index in [0.29, 0.717) is 30.2 Å². The Labute approximate surface area is 207 Å². The van der Waals surface area contributed by atoms with Crippen molar-refractivity contribution in [3.8, 4) is 23.0 Å². The number of carbonyl (C=O) groups excluding carboxylic acids is 1. The van der Waals surface area contributed by atoms with Gasteiger partial charge < -0.3 is 29.0 Å². The van der Waals surface area contributed by atoms with Crippen molar-refractivity contribution in [1.29, 1.82) is 0 Å². The van der Waals surface area contributed by atoms with E-state index in [1.807, 2.05) is 41.3 Å². The van der Waals surface area contributed by atoms with Crippen LogP contribution in [0.2, 0.25) is 0 Å². The molecule has 0 bridgehead atoms. The Balaban J connectivity index is 1.65. The molecule has 0 aromatic heterocycles. The molecule has 7 nitrogen and oxygen atoms in total. The Kier molecular flexibility index (Phi) is 7.55. The summed E-state index contributed by atoms with van der Waals surface area (Å²) in [6, 6.07) is 11.3. The minimum Gasteiger partial charge on any atom is -0.497 e. The van der Waals surface area contributed by atoms with E-state index in [-0.39, 0.29) is 17.9 Å². The van der Waals surface area contributed by atoms with Crippen LogP contribution in [0.15, 0.2) is 42.5 Å². The second-order valence-electron chi connectivity index (χ2n) is 9.25. The largest absolute Gasteiger partial charge is 0.497 e. The van der Waals surface area contributed by atoms with E-state index < -0.39 is 5.60 Å². The molecule has 1 N–H and O–H groups in total. The lowest BCUT2D eigenvalue weighted by Crippen LogP contribution is -2.56. The van der Waals surface area contributed by atoms with Crippen LogP contribution in [0.3, 0.4) is 0 Å². The highest BCUT2D eigenvalue weighted by Gasteiger charge is 2.49. The fourth-order valence-corrected chi connectivity index (χ4v) is 5.60. The normalized spacial score (nSPS) is 24.1. The molecule has 1 saturated carbocycles. The molecule has 2 aromatic rings. The number of hydrogen-bond donors (Lipinski definition) is 1. The lowest BCUT2D eigenvalue weighted by molar-refractivity contribution is -0.150. The molecule has 0 unspecified atom stereocenters. The highest BCUT2D eigenvalue weighted by molar-refractivity contribution is 5.92. The minimum atomic E-state index is -0.736. The predicted octanol–water partition coefficient (Wildman–Crippen LogP) is 4.63. The number of hydrogen-bond acceptors (Lipinski definition) is 6. The molecule has 1 aliphatic heterocycles. The van der Waals surface area contributed by atoms with Crippen LogP contribution in [0.1, 0.15) is 49.3 Å². The van der Waals surface area contributed by atoms with Gasteiger partial charge in [0, 0.05) is 18.5 Å². The van der Waals surface area contributed by atoms with Crippen LogP contribution in [-0.2, 0) is 4.79 Å². The lowest BCUT2D eigenvalue weighted by Gasteiger charge is -2.52. The monoisotopic (exact) mass is 481 g/mol. The number of aliphatic hydroxyl groups is 1. The van der Waals surface area contributed by atoms with Crippen LogP contribution in [0, 0.1) is 5.92 Å². The molecule has 0 radical (unpaired) electrons. The van der Waals surface area contributed by atoms with Crippen molar-refractivity contribution in [1.82, 2.24) is 4.90 Å². The second-order valence-corrected chi connectivity index (χ2v) is 9.25. The van der Waals surface area contributed by atoms with Gasteiger partial charge in [-0.25, -0.2) is 0 Å². The van der Waals surface area contributed by atoms with Crippen LogP contribution in [0.4, 0.5) is 0 Å². The smallest absolute Gasteiger partial charge is 0.247 e. The third-order valence-corrected chi connectivity index (χ3v) is 7.41. The van der Waals surface area contributed by atoms with Crippen LogP contribution in [-0.4, -0.2) is 56.5 Å². The third-order valence-electron chi connectivity index (χ3n) is 7.41. The molecule has 3 atom stereocenters. The zero-order valence-electron chi connectivity index (χ0n) is 21.0. The summed E-state index contributed by atoms with van der Waals surface area (Å²) in [5.74, 6) is 2.24. The number of rotatable bonds is 7. The van der Waals surface area contributed by atoms with Crippen molar-refractivity contribution in [3.05, 3.63) is 53.6 Å². The van der Waals surface area contributed by atoms with Gasteiger partial charge in [0.2, 0.25) is 11.7 Å². The number of nitrogens with zero attached hydrogens (tertiary/aromatic N) is 1. The number of methoxy groups -OCH3 is 4. The zero-order chi connectivity index (χ0) is 25.0. The molecule has 2 aromatic carbocycles. The van der Waals surface area contributed by atoms with Gasteiger partial charge in [-0.3, -0.25) is 4.79 Å². The molecule has 1 aliphatic carbocycles. The standard InChI is InChI=1S/C28H35NO6/c1-32-21-11-9-20(10-12-21)26-22-7-5-6-14-28(22,31)15-16-29(26)25(30)13-8-19-17-23(33-2)27(35-4)24(18-19)34-3/h8-13,17-18,22,26,31H,5-7,14-16H2,1-4H3/b13-8+/t22-,26+,28-/m1/s1. The second kappa shape index (κ2) is 10.6. The van der Waals surface area contributed by atoms with Crippen LogP contribution >= 0.6 is 0 Å². The van der Waals surface area contributed by atoms with E-state index in [2.05, 4.69) is 0 Å². The number of carbonyl (C=O) groups is 1. The van der Waals surface area contributed by atoms with Crippen molar-refractivity contribution in [2.24, 2.45) is 5.92 Å². The molecule has 2 aliphatic rings. The maximum absolute atomic E-state index is 13.5. The van der Waals surface area contributed by atoms with Crippen molar-refractivity contribution in [2.75, 3.05) is 35.0 Å². The van der Waals surface area contributed by atoms with Gasteiger partial charge in [0.25, 0.3) is 0 Å². The van der Waals surface area contributed by atoms with Gasteiger partial charge in [0.05, 0.1) is 40.1 Å². The van der Waals surface area contributed by atoms with E-state index in [4.69, 9.17) is 18.9 Å². The van der Waals surface area contributed by atoms with Gasteiger partial charge in [-0.15, -0.1) is 0 Å². The molecule has 4 rings (SSSR count). The van der Waals surface area contributed by atoms with Gasteiger partial charge in [-0.05, 0) is 60.7 Å². The maximum Gasteiger partial charge on any atom is 0.247 e. The van der Waals surface area contributed by atoms with E-state index in [1.165, 1.54) is 0 Å². The Morgan fingerprint density at radius 2 is 1.66 bits per heavy atom. The fourth-order valence-electron chi connectivity index (χ4n) is 5.60. The first-order valence-electron chi connectivity index (χ1n) is 12.1. The topological polar surface area (TPSA) is 77.5 Å².